The third-order valence-corrected chi connectivity index (χ3v) is 8.02. The lowest BCUT2D eigenvalue weighted by molar-refractivity contribution is -0.987. The summed E-state index contributed by atoms with van der Waals surface area (Å²) in [6, 6.07) is 26.3. The third-order valence-electron chi connectivity index (χ3n) is 8.02. The van der Waals surface area contributed by atoms with E-state index in [4.69, 9.17) is 0 Å². The van der Waals surface area contributed by atoms with Crippen LogP contribution in [0.15, 0.2) is 72.8 Å². The van der Waals surface area contributed by atoms with Crippen LogP contribution in [0.1, 0.15) is 73.4 Å². The van der Waals surface area contributed by atoms with Crippen molar-refractivity contribution in [2.75, 3.05) is 11.9 Å². The molecule has 3 aromatic rings. The first kappa shape index (κ1) is 25.2. The first-order chi connectivity index (χ1) is 17.0. The highest BCUT2D eigenvalue weighted by Gasteiger charge is 2.48. The molecule has 0 bridgehead atoms. The molecule has 0 saturated carbocycles. The number of hydrogen-bond donors (Lipinski definition) is 1. The second-order valence-electron chi connectivity index (χ2n) is 10.3. The molecule has 35 heavy (non-hydrogen) atoms. The number of hydrogen-bond acceptors (Lipinski definition) is 1. The predicted molar refractivity (Wildman–Crippen MR) is 146 cm³/mol. The average molecular weight is 470 g/mol. The van der Waals surface area contributed by atoms with Crippen molar-refractivity contribution >= 4 is 11.6 Å². The fourth-order valence-corrected chi connectivity index (χ4v) is 6.26. The van der Waals surface area contributed by atoms with Gasteiger partial charge in [0, 0.05) is 29.7 Å². The summed E-state index contributed by atoms with van der Waals surface area (Å²) in [4.78, 5) is 14.1. The van der Waals surface area contributed by atoms with Crippen molar-refractivity contribution in [3.8, 4) is 0 Å². The zero-order valence-corrected chi connectivity index (χ0v) is 21.9. The molecule has 1 fully saturated rings. The molecule has 1 aliphatic rings. The van der Waals surface area contributed by atoms with Gasteiger partial charge in [0.05, 0.1) is 6.54 Å². The van der Waals surface area contributed by atoms with Crippen LogP contribution in [0.4, 0.5) is 5.69 Å². The molecule has 0 aliphatic carbocycles. The van der Waals surface area contributed by atoms with Crippen molar-refractivity contribution in [2.24, 2.45) is 0 Å². The van der Waals surface area contributed by atoms with Crippen LogP contribution in [0, 0.1) is 13.8 Å². The van der Waals surface area contributed by atoms with Gasteiger partial charge >= 0.3 is 0 Å². The fourth-order valence-electron chi connectivity index (χ4n) is 6.26. The molecule has 1 aliphatic heterocycles. The van der Waals surface area contributed by atoms with E-state index >= 15 is 0 Å². The summed E-state index contributed by atoms with van der Waals surface area (Å²) in [6.07, 6.45) is 5.33. The Morgan fingerprint density at radius 1 is 0.914 bits per heavy atom. The van der Waals surface area contributed by atoms with Crippen LogP contribution in [0.2, 0.25) is 0 Å². The molecule has 0 aromatic heterocycles. The minimum Gasteiger partial charge on any atom is -0.320 e. The summed E-state index contributed by atoms with van der Waals surface area (Å²) in [7, 11) is 0. The highest BCUT2D eigenvalue weighted by Crippen LogP contribution is 2.43. The summed E-state index contributed by atoms with van der Waals surface area (Å²) in [6.45, 7) is 10.5. The Bertz CT molecular complexity index is 1120. The van der Waals surface area contributed by atoms with E-state index in [1.165, 1.54) is 23.1 Å². The number of carbonyl (C=O) groups excluding carboxylic acids is 1. The highest BCUT2D eigenvalue weighted by atomic mass is 16.2. The van der Waals surface area contributed by atoms with Gasteiger partial charge < -0.3 is 9.80 Å². The topological polar surface area (TPSA) is 29.1 Å². The molecule has 3 atom stereocenters. The monoisotopic (exact) mass is 469 g/mol. The van der Waals surface area contributed by atoms with Gasteiger partial charge in [0.2, 0.25) is 0 Å². The molecule has 3 nitrogen and oxygen atoms in total. The second kappa shape index (κ2) is 11.2. The Morgan fingerprint density at radius 3 is 2.29 bits per heavy atom. The Labute approximate surface area is 211 Å². The maximum absolute atomic E-state index is 14.1. The van der Waals surface area contributed by atoms with Crippen molar-refractivity contribution in [1.82, 2.24) is 0 Å². The highest BCUT2D eigenvalue weighted by molar-refractivity contribution is 5.95. The number of nitrogens with one attached hydrogen (secondary N) is 1. The zero-order chi connectivity index (χ0) is 24.8. The predicted octanol–water partition coefficient (Wildman–Crippen LogP) is 7.53. The van der Waals surface area contributed by atoms with Gasteiger partial charge in [0.1, 0.15) is 12.6 Å². The number of aryl methyl sites for hydroxylation is 3. The molecular weight excluding hydrogens is 428 g/mol. The van der Waals surface area contributed by atoms with Crippen LogP contribution in [0.3, 0.4) is 0 Å². The largest absolute Gasteiger partial charge is 0.320 e. The first-order valence-electron chi connectivity index (χ1n) is 13.3. The molecule has 184 valence electrons. The number of amides is 1. The van der Waals surface area contributed by atoms with Crippen LogP contribution in [0.5, 0.6) is 0 Å². The summed E-state index contributed by atoms with van der Waals surface area (Å²) < 4.78 is 0.796. The molecule has 0 spiro atoms. The van der Waals surface area contributed by atoms with E-state index in [1.54, 1.807) is 0 Å². The van der Waals surface area contributed by atoms with Crippen molar-refractivity contribution in [3.63, 3.8) is 0 Å². The SMILES string of the molecule is CCc1cccc(C[N+]2(C(CC)C(=O)Nc3c(C)cccc3C)CCCCC2c2ccccc2)c1. The van der Waals surface area contributed by atoms with Gasteiger partial charge in [-0.1, -0.05) is 86.6 Å². The second-order valence-corrected chi connectivity index (χ2v) is 10.3. The van der Waals surface area contributed by atoms with E-state index in [2.05, 4.69) is 106 Å². The summed E-state index contributed by atoms with van der Waals surface area (Å²) in [5.74, 6) is 0.152. The Morgan fingerprint density at radius 2 is 1.60 bits per heavy atom. The molecule has 3 heteroatoms. The smallest absolute Gasteiger partial charge is 0.282 e. The average Bonchev–Trinajstić information content (AvgIpc) is 2.87. The van der Waals surface area contributed by atoms with Crippen LogP contribution in [-0.4, -0.2) is 23.0 Å². The van der Waals surface area contributed by atoms with Gasteiger partial charge in [-0.25, -0.2) is 0 Å². The lowest BCUT2D eigenvalue weighted by Gasteiger charge is -2.52. The van der Waals surface area contributed by atoms with Crippen molar-refractivity contribution < 1.29 is 9.28 Å². The minimum absolute atomic E-state index is 0.121. The zero-order valence-electron chi connectivity index (χ0n) is 21.9. The van der Waals surface area contributed by atoms with E-state index < -0.39 is 0 Å². The molecule has 1 heterocycles. The summed E-state index contributed by atoms with van der Waals surface area (Å²) >= 11 is 0. The molecule has 1 amide bonds. The van der Waals surface area contributed by atoms with Crippen molar-refractivity contribution in [3.05, 3.63) is 101 Å². The maximum atomic E-state index is 14.1. The molecule has 1 N–H and O–H groups in total. The molecule has 3 aromatic carbocycles. The van der Waals surface area contributed by atoms with E-state index in [1.807, 2.05) is 0 Å². The lowest BCUT2D eigenvalue weighted by atomic mass is 9.87. The standard InChI is InChI=1S/C32H40N2O/c1-5-26-16-13-17-27(22-26)23-34(21-11-10-20-30(34)28-18-8-7-9-19-28)29(6-2)32(35)33-31-24(3)14-12-15-25(31)4/h7-9,12-19,22,29-30H,5-6,10-11,20-21,23H2,1-4H3/p+1. The normalized spacial score (nSPS) is 20.9. The Balaban J connectivity index is 1.79. The summed E-state index contributed by atoms with van der Waals surface area (Å²) in [5, 5.41) is 3.38. The van der Waals surface area contributed by atoms with Crippen LogP contribution in [0.25, 0.3) is 0 Å². The number of benzene rings is 3. The minimum atomic E-state index is -0.121. The molecule has 0 radical (unpaired) electrons. The van der Waals surface area contributed by atoms with Gasteiger partial charge in [0.25, 0.3) is 5.91 Å². The first-order valence-corrected chi connectivity index (χ1v) is 13.3. The Hall–Kier alpha value is -2.91. The number of quaternary nitrogens is 1. The van der Waals surface area contributed by atoms with E-state index in [0.29, 0.717) is 6.04 Å². The number of piperidine rings is 1. The van der Waals surface area contributed by atoms with Gasteiger partial charge in [-0.05, 0) is 49.8 Å². The molecule has 3 unspecified atom stereocenters. The maximum Gasteiger partial charge on any atom is 0.282 e. The Kier molecular flexibility index (Phi) is 8.07. The number of para-hydroxylation sites is 1. The van der Waals surface area contributed by atoms with E-state index in [9.17, 15) is 4.79 Å². The van der Waals surface area contributed by atoms with Crippen molar-refractivity contribution in [1.29, 1.82) is 0 Å². The number of nitrogens with zero attached hydrogens (tertiary/aromatic N) is 1. The van der Waals surface area contributed by atoms with Gasteiger partial charge in [-0.2, -0.15) is 0 Å². The lowest BCUT2D eigenvalue weighted by Crippen LogP contribution is -2.62. The van der Waals surface area contributed by atoms with Crippen LogP contribution in [-0.2, 0) is 17.8 Å². The molecule has 1 saturated heterocycles. The number of likely N-dealkylation sites (tertiary alicyclic amines) is 1. The molecular formula is C32H41N2O+. The van der Waals surface area contributed by atoms with E-state index in [-0.39, 0.29) is 11.9 Å². The van der Waals surface area contributed by atoms with Gasteiger partial charge in [-0.15, -0.1) is 0 Å². The van der Waals surface area contributed by atoms with Crippen molar-refractivity contribution in [2.45, 2.75) is 78.4 Å². The quantitative estimate of drug-likeness (QED) is 0.340. The van der Waals surface area contributed by atoms with Gasteiger partial charge in [0.15, 0.2) is 6.04 Å². The van der Waals surface area contributed by atoms with Crippen LogP contribution >= 0.6 is 0 Å². The number of rotatable bonds is 8. The third kappa shape index (κ3) is 5.36. The number of anilines is 1. The summed E-state index contributed by atoms with van der Waals surface area (Å²) in [5.41, 5.74) is 7.27. The van der Waals surface area contributed by atoms with E-state index in [0.717, 1.165) is 60.1 Å². The molecule has 4 rings (SSSR count). The van der Waals surface area contributed by atoms with Gasteiger partial charge in [-0.3, -0.25) is 4.79 Å². The number of carbonyl (C=O) groups is 1. The van der Waals surface area contributed by atoms with Crippen LogP contribution < -0.4 is 5.32 Å². The fraction of sp³-hybridized carbons (Fsp3) is 0.406.